The molecule has 1 amide bonds. The van der Waals surface area contributed by atoms with E-state index in [1.54, 1.807) is 13.0 Å². The van der Waals surface area contributed by atoms with E-state index in [0.717, 1.165) is 6.07 Å². The average Bonchev–Trinajstić information content (AvgIpc) is 2.44. The van der Waals surface area contributed by atoms with E-state index in [0.29, 0.717) is 16.8 Å². The highest BCUT2D eigenvalue weighted by molar-refractivity contribution is 6.29. The molecule has 6 heteroatoms. The lowest BCUT2D eigenvalue weighted by molar-refractivity contribution is 0.0950. The third-order valence-corrected chi connectivity index (χ3v) is 3.00. The molecule has 1 N–H and O–H groups in total. The van der Waals surface area contributed by atoms with Crippen LogP contribution in [0.2, 0.25) is 5.15 Å². The first-order chi connectivity index (χ1) is 9.99. The van der Waals surface area contributed by atoms with Crippen molar-refractivity contribution in [2.75, 3.05) is 0 Å². The van der Waals surface area contributed by atoms with E-state index in [9.17, 15) is 9.18 Å². The topological polar surface area (TPSA) is 65.8 Å². The Labute approximate surface area is 126 Å². The van der Waals surface area contributed by atoms with Gasteiger partial charge in [-0.1, -0.05) is 17.7 Å². The number of carbonyl (C=O) groups is 1. The zero-order chi connectivity index (χ0) is 15.4. The molecule has 21 heavy (non-hydrogen) atoms. The summed E-state index contributed by atoms with van der Waals surface area (Å²) >= 11 is 5.79. The number of aryl methyl sites for hydroxylation is 1. The molecule has 0 saturated carbocycles. The van der Waals surface area contributed by atoms with Crippen molar-refractivity contribution in [2.45, 2.75) is 13.5 Å². The van der Waals surface area contributed by atoms with Crippen molar-refractivity contribution in [3.05, 3.63) is 63.7 Å². The maximum atomic E-state index is 13.7. The van der Waals surface area contributed by atoms with Gasteiger partial charge in [0.1, 0.15) is 11.0 Å². The highest BCUT2D eigenvalue weighted by Crippen LogP contribution is 2.12. The van der Waals surface area contributed by atoms with E-state index in [4.69, 9.17) is 16.9 Å². The fourth-order valence-corrected chi connectivity index (χ4v) is 2.05. The van der Waals surface area contributed by atoms with E-state index >= 15 is 0 Å². The molecule has 0 bridgehead atoms. The smallest absolute Gasteiger partial charge is 0.251 e. The summed E-state index contributed by atoms with van der Waals surface area (Å²) in [7, 11) is 0. The predicted molar refractivity (Wildman–Crippen MR) is 76.3 cm³/mol. The van der Waals surface area contributed by atoms with E-state index in [1.807, 2.05) is 6.07 Å². The van der Waals surface area contributed by atoms with Crippen LogP contribution in [0.5, 0.6) is 0 Å². The van der Waals surface area contributed by atoms with Gasteiger partial charge in [-0.05, 0) is 31.2 Å². The summed E-state index contributed by atoms with van der Waals surface area (Å²) in [5.41, 5.74) is 1.53. The maximum absolute atomic E-state index is 13.7. The zero-order valence-corrected chi connectivity index (χ0v) is 11.9. The van der Waals surface area contributed by atoms with Gasteiger partial charge in [0.25, 0.3) is 5.91 Å². The van der Waals surface area contributed by atoms with Crippen LogP contribution in [0.15, 0.2) is 30.3 Å². The first-order valence-corrected chi connectivity index (χ1v) is 6.48. The number of aromatic nitrogens is 1. The Morgan fingerprint density at radius 3 is 2.81 bits per heavy atom. The molecular weight excluding hydrogens is 293 g/mol. The SMILES string of the molecule is Cc1cc(C(=O)NCc2ccc(C#N)cc2F)cc(Cl)n1. The van der Waals surface area contributed by atoms with Crippen molar-refractivity contribution >= 4 is 17.5 Å². The number of pyridine rings is 1. The summed E-state index contributed by atoms with van der Waals surface area (Å²) in [5, 5.41) is 11.5. The Hall–Kier alpha value is -2.45. The number of halogens is 2. The van der Waals surface area contributed by atoms with Gasteiger partial charge >= 0.3 is 0 Å². The molecule has 0 atom stereocenters. The molecule has 0 aliphatic heterocycles. The predicted octanol–water partition coefficient (Wildman–Crippen LogP) is 2.98. The van der Waals surface area contributed by atoms with Crippen LogP contribution in [0, 0.1) is 24.1 Å². The molecule has 0 fully saturated rings. The molecule has 1 aromatic heterocycles. The Morgan fingerprint density at radius 1 is 1.43 bits per heavy atom. The van der Waals surface area contributed by atoms with E-state index in [-0.39, 0.29) is 23.2 Å². The van der Waals surface area contributed by atoms with Gasteiger partial charge in [0.2, 0.25) is 0 Å². The molecule has 0 radical (unpaired) electrons. The van der Waals surface area contributed by atoms with Gasteiger partial charge in [-0.15, -0.1) is 0 Å². The normalized spacial score (nSPS) is 10.0. The van der Waals surface area contributed by atoms with Crippen molar-refractivity contribution in [1.82, 2.24) is 10.3 Å². The molecule has 2 aromatic rings. The Bertz CT molecular complexity index is 720. The first kappa shape index (κ1) is 14.9. The number of amides is 1. The summed E-state index contributed by atoms with van der Waals surface area (Å²) in [5.74, 6) is -0.899. The molecule has 0 spiro atoms. The number of rotatable bonds is 3. The minimum absolute atomic E-state index is 0.0232. The number of hydrogen-bond donors (Lipinski definition) is 1. The van der Waals surface area contributed by atoms with Gasteiger partial charge in [0.05, 0.1) is 11.6 Å². The van der Waals surface area contributed by atoms with Crippen molar-refractivity contribution in [3.63, 3.8) is 0 Å². The van der Waals surface area contributed by atoms with Gasteiger partial charge in [-0.25, -0.2) is 9.37 Å². The molecule has 0 aliphatic rings. The van der Waals surface area contributed by atoms with E-state index in [2.05, 4.69) is 10.3 Å². The van der Waals surface area contributed by atoms with Crippen LogP contribution >= 0.6 is 11.6 Å². The van der Waals surface area contributed by atoms with Crippen LogP contribution in [-0.4, -0.2) is 10.9 Å². The highest BCUT2D eigenvalue weighted by Gasteiger charge is 2.10. The summed E-state index contributed by atoms with van der Waals surface area (Å²) in [6.07, 6.45) is 0. The fourth-order valence-electron chi connectivity index (χ4n) is 1.80. The number of carbonyl (C=O) groups excluding carboxylic acids is 1. The molecule has 0 aliphatic carbocycles. The number of nitrogens with zero attached hydrogens (tertiary/aromatic N) is 2. The van der Waals surface area contributed by atoms with Crippen molar-refractivity contribution in [3.8, 4) is 6.07 Å². The van der Waals surface area contributed by atoms with Crippen molar-refractivity contribution in [1.29, 1.82) is 5.26 Å². The van der Waals surface area contributed by atoms with Crippen molar-refractivity contribution in [2.24, 2.45) is 0 Å². The fraction of sp³-hybridized carbons (Fsp3) is 0.133. The number of nitriles is 1. The summed E-state index contributed by atoms with van der Waals surface area (Å²) in [4.78, 5) is 15.9. The molecule has 4 nitrogen and oxygen atoms in total. The Morgan fingerprint density at radius 2 is 2.19 bits per heavy atom. The second-order valence-corrected chi connectivity index (χ2v) is 4.81. The molecule has 1 heterocycles. The quantitative estimate of drug-likeness (QED) is 0.886. The van der Waals surface area contributed by atoms with Crippen LogP contribution in [-0.2, 0) is 6.54 Å². The molecule has 2 rings (SSSR count). The lowest BCUT2D eigenvalue weighted by Crippen LogP contribution is -2.23. The van der Waals surface area contributed by atoms with E-state index < -0.39 is 5.82 Å². The van der Waals surface area contributed by atoms with Gasteiger partial charge in [-0.3, -0.25) is 4.79 Å². The summed E-state index contributed by atoms with van der Waals surface area (Å²) < 4.78 is 13.7. The monoisotopic (exact) mass is 303 g/mol. The third-order valence-electron chi connectivity index (χ3n) is 2.81. The van der Waals surface area contributed by atoms with Crippen molar-refractivity contribution < 1.29 is 9.18 Å². The maximum Gasteiger partial charge on any atom is 0.251 e. The minimum atomic E-state index is -0.529. The standard InChI is InChI=1S/C15H11ClFN3O/c1-9-4-12(6-14(16)20-9)15(21)19-8-11-3-2-10(7-18)5-13(11)17/h2-6H,8H2,1H3,(H,19,21). The Balaban J connectivity index is 2.09. The number of benzene rings is 1. The molecular formula is C15H11ClFN3O. The molecule has 0 saturated heterocycles. The first-order valence-electron chi connectivity index (χ1n) is 6.10. The van der Waals surface area contributed by atoms with Gasteiger partial charge < -0.3 is 5.32 Å². The summed E-state index contributed by atoms with van der Waals surface area (Å²) in [6.45, 7) is 1.75. The second-order valence-electron chi connectivity index (χ2n) is 4.42. The number of hydrogen-bond acceptors (Lipinski definition) is 3. The van der Waals surface area contributed by atoms with Crippen LogP contribution in [0.1, 0.15) is 27.2 Å². The number of nitrogens with one attached hydrogen (secondary N) is 1. The second kappa shape index (κ2) is 6.33. The zero-order valence-electron chi connectivity index (χ0n) is 11.2. The van der Waals surface area contributed by atoms with Gasteiger partial charge in [-0.2, -0.15) is 5.26 Å². The van der Waals surface area contributed by atoms with Gasteiger partial charge in [0, 0.05) is 23.4 Å². The average molecular weight is 304 g/mol. The lowest BCUT2D eigenvalue weighted by Gasteiger charge is -2.07. The molecule has 106 valence electrons. The van der Waals surface area contributed by atoms with Crippen LogP contribution in [0.4, 0.5) is 4.39 Å². The van der Waals surface area contributed by atoms with Crippen LogP contribution in [0.25, 0.3) is 0 Å². The largest absolute Gasteiger partial charge is 0.348 e. The molecule has 1 aromatic carbocycles. The van der Waals surface area contributed by atoms with Crippen LogP contribution in [0.3, 0.4) is 0 Å². The lowest BCUT2D eigenvalue weighted by atomic mass is 10.1. The molecule has 0 unspecified atom stereocenters. The summed E-state index contributed by atoms with van der Waals surface area (Å²) in [6, 6.07) is 8.99. The third kappa shape index (κ3) is 3.77. The van der Waals surface area contributed by atoms with Crippen LogP contribution < -0.4 is 5.32 Å². The highest BCUT2D eigenvalue weighted by atomic mass is 35.5. The minimum Gasteiger partial charge on any atom is -0.348 e. The Kier molecular flexibility index (Phi) is 4.51. The van der Waals surface area contributed by atoms with Gasteiger partial charge in [0.15, 0.2) is 0 Å². The van der Waals surface area contributed by atoms with E-state index in [1.165, 1.54) is 18.2 Å².